The number of fused-ring (bicyclic) bond motifs is 2. The fourth-order valence-corrected chi connectivity index (χ4v) is 2.76. The maximum atomic E-state index is 12.0. The lowest BCUT2D eigenvalue weighted by Gasteiger charge is -2.32. The average Bonchev–Trinajstić information content (AvgIpc) is 2.76. The Kier molecular flexibility index (Phi) is 4.66. The quantitative estimate of drug-likeness (QED) is 0.904. The Balaban J connectivity index is 0.00000133. The van der Waals surface area contributed by atoms with Gasteiger partial charge >= 0.3 is 6.09 Å². The predicted molar refractivity (Wildman–Crippen MR) is 75.4 cm³/mol. The van der Waals surface area contributed by atoms with Crippen molar-refractivity contribution in [3.63, 3.8) is 0 Å². The Morgan fingerprint density at radius 1 is 1.21 bits per heavy atom. The van der Waals surface area contributed by atoms with E-state index in [1.54, 1.807) is 0 Å². The first-order valence-electron chi connectivity index (χ1n) is 6.53. The molecule has 2 fully saturated rings. The van der Waals surface area contributed by atoms with Gasteiger partial charge in [-0.2, -0.15) is 0 Å². The molecule has 0 saturated carbocycles. The average molecular weight is 283 g/mol. The van der Waals surface area contributed by atoms with Crippen LogP contribution in [0.3, 0.4) is 0 Å². The maximum Gasteiger partial charge on any atom is 0.410 e. The van der Waals surface area contributed by atoms with E-state index in [2.05, 4.69) is 5.32 Å². The summed E-state index contributed by atoms with van der Waals surface area (Å²) in [6, 6.07) is 10.7. The highest BCUT2D eigenvalue weighted by Gasteiger charge is 2.34. The van der Waals surface area contributed by atoms with Crippen LogP contribution in [0.4, 0.5) is 4.79 Å². The smallest absolute Gasteiger partial charge is 0.410 e. The number of amides is 1. The Bertz CT molecular complexity index is 415. The lowest BCUT2D eigenvalue weighted by molar-refractivity contribution is 0.0839. The molecule has 19 heavy (non-hydrogen) atoms. The first-order valence-corrected chi connectivity index (χ1v) is 6.53. The van der Waals surface area contributed by atoms with Crippen LogP contribution in [0.25, 0.3) is 0 Å². The fourth-order valence-electron chi connectivity index (χ4n) is 2.76. The summed E-state index contributed by atoms with van der Waals surface area (Å²) in [6.07, 6.45) is 2.16. The van der Waals surface area contributed by atoms with Gasteiger partial charge in [0.2, 0.25) is 0 Å². The molecule has 2 aliphatic heterocycles. The molecule has 104 valence electrons. The molecule has 1 aromatic carbocycles. The van der Waals surface area contributed by atoms with Gasteiger partial charge in [-0.3, -0.25) is 0 Å². The van der Waals surface area contributed by atoms with Gasteiger partial charge in [-0.25, -0.2) is 4.79 Å². The van der Waals surface area contributed by atoms with E-state index in [0.717, 1.165) is 18.7 Å². The van der Waals surface area contributed by atoms with E-state index in [1.165, 1.54) is 12.8 Å². The van der Waals surface area contributed by atoms with Crippen molar-refractivity contribution in [3.05, 3.63) is 35.9 Å². The van der Waals surface area contributed by atoms with Crippen LogP contribution in [0, 0.1) is 0 Å². The molecular weight excluding hydrogens is 264 g/mol. The number of benzene rings is 1. The minimum Gasteiger partial charge on any atom is -0.445 e. The topological polar surface area (TPSA) is 41.6 Å². The second-order valence-electron chi connectivity index (χ2n) is 5.08. The van der Waals surface area contributed by atoms with Crippen molar-refractivity contribution in [2.75, 3.05) is 13.1 Å². The van der Waals surface area contributed by atoms with E-state index in [1.807, 2.05) is 35.2 Å². The summed E-state index contributed by atoms with van der Waals surface area (Å²) in [5.41, 5.74) is 1.03. The van der Waals surface area contributed by atoms with Crippen LogP contribution in [0.2, 0.25) is 0 Å². The van der Waals surface area contributed by atoms with Crippen molar-refractivity contribution < 1.29 is 9.53 Å². The van der Waals surface area contributed by atoms with E-state index in [9.17, 15) is 4.79 Å². The lowest BCUT2D eigenvalue weighted by atomic mass is 10.2. The van der Waals surface area contributed by atoms with Crippen LogP contribution in [-0.4, -0.2) is 36.2 Å². The van der Waals surface area contributed by atoms with Crippen molar-refractivity contribution in [1.82, 2.24) is 10.2 Å². The van der Waals surface area contributed by atoms with Crippen molar-refractivity contribution in [2.24, 2.45) is 0 Å². The van der Waals surface area contributed by atoms with E-state index in [4.69, 9.17) is 4.74 Å². The van der Waals surface area contributed by atoms with Crippen molar-refractivity contribution in [1.29, 1.82) is 0 Å². The number of hydrogen-bond acceptors (Lipinski definition) is 3. The molecule has 4 nitrogen and oxygen atoms in total. The van der Waals surface area contributed by atoms with Crippen LogP contribution < -0.4 is 5.32 Å². The van der Waals surface area contributed by atoms with E-state index in [-0.39, 0.29) is 18.5 Å². The molecule has 0 aromatic heterocycles. The van der Waals surface area contributed by atoms with Gasteiger partial charge in [0, 0.05) is 25.2 Å². The molecule has 0 spiro atoms. The third-order valence-corrected chi connectivity index (χ3v) is 3.68. The minimum atomic E-state index is -0.183. The van der Waals surface area contributed by atoms with Crippen LogP contribution in [-0.2, 0) is 11.3 Å². The summed E-state index contributed by atoms with van der Waals surface area (Å²) in [7, 11) is 0. The van der Waals surface area contributed by atoms with Crippen molar-refractivity contribution in [2.45, 2.75) is 31.5 Å². The normalized spacial score (nSPS) is 24.7. The number of carbonyl (C=O) groups excluding carboxylic acids is 1. The largest absolute Gasteiger partial charge is 0.445 e. The SMILES string of the molecule is Cl.O=C(OCc1ccccc1)N1C[C@H]2CC[C@@H](C1)N2. The molecule has 1 aromatic rings. The first kappa shape index (κ1) is 14.2. The lowest BCUT2D eigenvalue weighted by Crippen LogP contribution is -2.53. The van der Waals surface area contributed by atoms with E-state index in [0.29, 0.717) is 18.7 Å². The third-order valence-electron chi connectivity index (χ3n) is 3.68. The van der Waals surface area contributed by atoms with Gasteiger partial charge in [0.05, 0.1) is 0 Å². The number of rotatable bonds is 2. The van der Waals surface area contributed by atoms with Gasteiger partial charge in [0.25, 0.3) is 0 Å². The second-order valence-corrected chi connectivity index (χ2v) is 5.08. The number of nitrogens with one attached hydrogen (secondary N) is 1. The van der Waals surface area contributed by atoms with Crippen LogP contribution in [0.1, 0.15) is 18.4 Å². The number of piperazine rings is 1. The number of ether oxygens (including phenoxy) is 1. The number of carbonyl (C=O) groups is 1. The van der Waals surface area contributed by atoms with Crippen molar-refractivity contribution in [3.8, 4) is 0 Å². The van der Waals surface area contributed by atoms with Crippen LogP contribution in [0.15, 0.2) is 30.3 Å². The molecule has 2 saturated heterocycles. The zero-order valence-electron chi connectivity index (χ0n) is 10.7. The van der Waals surface area contributed by atoms with Crippen LogP contribution >= 0.6 is 12.4 Å². The molecule has 2 atom stereocenters. The Morgan fingerprint density at radius 2 is 1.84 bits per heavy atom. The molecule has 2 aliphatic rings. The van der Waals surface area contributed by atoms with Gasteiger partial charge in [0.1, 0.15) is 6.61 Å². The van der Waals surface area contributed by atoms with E-state index >= 15 is 0 Å². The maximum absolute atomic E-state index is 12.0. The fraction of sp³-hybridized carbons (Fsp3) is 0.500. The molecule has 0 radical (unpaired) electrons. The molecular formula is C14H19ClN2O2. The molecule has 5 heteroatoms. The highest BCUT2D eigenvalue weighted by Crippen LogP contribution is 2.20. The monoisotopic (exact) mass is 282 g/mol. The number of halogens is 1. The molecule has 1 amide bonds. The first-order chi connectivity index (χ1) is 8.81. The number of nitrogens with zero attached hydrogens (tertiary/aromatic N) is 1. The Labute approximate surface area is 119 Å². The third kappa shape index (κ3) is 3.39. The van der Waals surface area contributed by atoms with E-state index < -0.39 is 0 Å². The molecule has 0 aliphatic carbocycles. The highest BCUT2D eigenvalue weighted by atomic mass is 35.5. The molecule has 0 unspecified atom stereocenters. The molecule has 1 N–H and O–H groups in total. The van der Waals surface area contributed by atoms with Gasteiger partial charge < -0.3 is 15.0 Å². The minimum absolute atomic E-state index is 0. The zero-order chi connectivity index (χ0) is 12.4. The summed E-state index contributed by atoms with van der Waals surface area (Å²) in [4.78, 5) is 13.8. The Morgan fingerprint density at radius 3 is 2.47 bits per heavy atom. The number of hydrogen-bond donors (Lipinski definition) is 1. The summed E-state index contributed by atoms with van der Waals surface area (Å²) in [6.45, 7) is 1.92. The van der Waals surface area contributed by atoms with Gasteiger partial charge in [-0.05, 0) is 18.4 Å². The molecule has 2 bridgehead atoms. The van der Waals surface area contributed by atoms with Gasteiger partial charge in [-0.1, -0.05) is 30.3 Å². The van der Waals surface area contributed by atoms with Crippen molar-refractivity contribution >= 4 is 18.5 Å². The Hall–Kier alpha value is -1.26. The van der Waals surface area contributed by atoms with Gasteiger partial charge in [0.15, 0.2) is 0 Å². The summed E-state index contributed by atoms with van der Waals surface area (Å²) < 4.78 is 5.35. The standard InChI is InChI=1S/C14H18N2O2.ClH/c17-14(18-10-11-4-2-1-3-5-11)16-8-12-6-7-13(9-16)15-12;/h1-5,12-13,15H,6-10H2;1H/t12-,13+;. The zero-order valence-corrected chi connectivity index (χ0v) is 11.6. The summed E-state index contributed by atoms with van der Waals surface area (Å²) >= 11 is 0. The number of likely N-dealkylation sites (tertiary alicyclic amines) is 1. The molecule has 2 heterocycles. The highest BCUT2D eigenvalue weighted by molar-refractivity contribution is 5.85. The molecule has 3 rings (SSSR count). The second kappa shape index (κ2) is 6.26. The van der Waals surface area contributed by atoms with Gasteiger partial charge in [-0.15, -0.1) is 12.4 Å². The predicted octanol–water partition coefficient (Wildman–Crippen LogP) is 2.18. The summed E-state index contributed by atoms with van der Waals surface area (Å²) in [5.74, 6) is 0. The summed E-state index contributed by atoms with van der Waals surface area (Å²) in [5, 5.41) is 3.50. The van der Waals surface area contributed by atoms with Crippen LogP contribution in [0.5, 0.6) is 0 Å².